The van der Waals surface area contributed by atoms with E-state index >= 15 is 0 Å². The van der Waals surface area contributed by atoms with Crippen LogP contribution in [0.5, 0.6) is 0 Å². The van der Waals surface area contributed by atoms with Crippen LogP contribution < -0.4 is 0 Å². The number of rotatable bonds is 4. The van der Waals surface area contributed by atoms with Gasteiger partial charge in [-0.1, -0.05) is 24.3 Å². The summed E-state index contributed by atoms with van der Waals surface area (Å²) in [6.07, 6.45) is 5.95. The Morgan fingerprint density at radius 3 is 2.18 bits per heavy atom. The molecule has 0 N–H and O–H groups in total. The molecule has 0 aliphatic heterocycles. The van der Waals surface area contributed by atoms with Gasteiger partial charge >= 0.3 is 17.9 Å². The highest BCUT2D eigenvalue weighted by Crippen LogP contribution is 2.54. The Bertz CT molecular complexity index is 721. The second-order valence-corrected chi connectivity index (χ2v) is 8.49. The molecule has 0 heterocycles. The van der Waals surface area contributed by atoms with Crippen LogP contribution in [-0.2, 0) is 28.6 Å². The number of fused-ring (bicyclic) bond motifs is 1. The number of esters is 3. The van der Waals surface area contributed by atoms with Gasteiger partial charge < -0.3 is 14.2 Å². The van der Waals surface area contributed by atoms with Crippen molar-refractivity contribution in [2.75, 3.05) is 14.2 Å². The predicted octanol–water partition coefficient (Wildman–Crippen LogP) is 3.38. The first-order valence-corrected chi connectivity index (χ1v) is 9.44. The first-order chi connectivity index (χ1) is 13.0. The zero-order chi connectivity index (χ0) is 21.3. The SMILES string of the molecule is C=C(C)C1=CC(C(=O)OC)(C(=O)OC)[C@@H]2CCC=C[C@@H](OC(=O)C(C)(C)C)[C@@H]12. The minimum Gasteiger partial charge on any atom is -0.468 e. The molecule has 0 fully saturated rings. The van der Waals surface area contributed by atoms with Crippen LogP contribution in [0.1, 0.15) is 40.5 Å². The number of ether oxygens (including phenoxy) is 3. The second kappa shape index (κ2) is 7.94. The summed E-state index contributed by atoms with van der Waals surface area (Å²) in [6, 6.07) is 0. The molecule has 2 rings (SSSR count). The maximum atomic E-state index is 12.8. The molecule has 154 valence electrons. The molecule has 0 saturated carbocycles. The Labute approximate surface area is 166 Å². The second-order valence-electron chi connectivity index (χ2n) is 8.49. The van der Waals surface area contributed by atoms with Gasteiger partial charge in [-0.2, -0.15) is 0 Å². The van der Waals surface area contributed by atoms with Gasteiger partial charge in [-0.3, -0.25) is 14.4 Å². The van der Waals surface area contributed by atoms with Crippen LogP contribution in [0, 0.1) is 22.7 Å². The number of carbonyl (C=O) groups is 3. The number of allylic oxidation sites excluding steroid dienone is 2. The van der Waals surface area contributed by atoms with Crippen LogP contribution in [0.4, 0.5) is 0 Å². The van der Waals surface area contributed by atoms with Crippen molar-refractivity contribution in [2.24, 2.45) is 22.7 Å². The fourth-order valence-corrected chi connectivity index (χ4v) is 4.05. The zero-order valence-electron chi connectivity index (χ0n) is 17.5. The minimum absolute atomic E-state index is 0.350. The predicted molar refractivity (Wildman–Crippen MR) is 104 cm³/mol. The number of methoxy groups -OCH3 is 2. The summed E-state index contributed by atoms with van der Waals surface area (Å²) in [5.41, 5.74) is -0.833. The Balaban J connectivity index is 2.60. The summed E-state index contributed by atoms with van der Waals surface area (Å²) in [5, 5.41) is 0. The topological polar surface area (TPSA) is 78.9 Å². The van der Waals surface area contributed by atoms with E-state index in [1.807, 2.05) is 19.1 Å². The minimum atomic E-state index is -1.58. The van der Waals surface area contributed by atoms with Crippen molar-refractivity contribution in [1.29, 1.82) is 0 Å². The lowest BCUT2D eigenvalue weighted by molar-refractivity contribution is -0.170. The van der Waals surface area contributed by atoms with Gasteiger partial charge in [-0.25, -0.2) is 0 Å². The van der Waals surface area contributed by atoms with Gasteiger partial charge in [0, 0.05) is 11.8 Å². The quantitative estimate of drug-likeness (QED) is 0.317. The molecule has 3 atom stereocenters. The van der Waals surface area contributed by atoms with Gasteiger partial charge in [-0.05, 0) is 52.2 Å². The van der Waals surface area contributed by atoms with E-state index in [4.69, 9.17) is 14.2 Å². The third-order valence-corrected chi connectivity index (χ3v) is 5.48. The molecule has 2 aliphatic rings. The number of carbonyl (C=O) groups excluding carboxylic acids is 3. The van der Waals surface area contributed by atoms with Gasteiger partial charge in [0.05, 0.1) is 19.6 Å². The van der Waals surface area contributed by atoms with Crippen molar-refractivity contribution >= 4 is 17.9 Å². The van der Waals surface area contributed by atoms with Crippen molar-refractivity contribution in [2.45, 2.75) is 46.6 Å². The van der Waals surface area contributed by atoms with E-state index in [0.29, 0.717) is 18.4 Å². The van der Waals surface area contributed by atoms with Gasteiger partial charge in [0.25, 0.3) is 0 Å². The number of hydrogen-bond acceptors (Lipinski definition) is 6. The maximum absolute atomic E-state index is 12.8. The highest BCUT2D eigenvalue weighted by atomic mass is 16.6. The van der Waals surface area contributed by atoms with Crippen molar-refractivity contribution in [3.63, 3.8) is 0 Å². The Kier molecular flexibility index (Phi) is 6.21. The van der Waals surface area contributed by atoms with E-state index in [-0.39, 0.29) is 11.9 Å². The lowest BCUT2D eigenvalue weighted by atomic mass is 9.71. The highest BCUT2D eigenvalue weighted by molar-refractivity contribution is 6.04. The molecule has 0 unspecified atom stereocenters. The molecule has 0 radical (unpaired) electrons. The molecule has 0 amide bonds. The van der Waals surface area contributed by atoms with E-state index in [2.05, 4.69) is 6.58 Å². The van der Waals surface area contributed by atoms with Crippen LogP contribution in [0.3, 0.4) is 0 Å². The molecule has 6 heteroatoms. The molecule has 2 aliphatic carbocycles. The monoisotopic (exact) mass is 390 g/mol. The molecular weight excluding hydrogens is 360 g/mol. The van der Waals surface area contributed by atoms with Crippen molar-refractivity contribution in [3.8, 4) is 0 Å². The molecular formula is C22H30O6. The summed E-state index contributed by atoms with van der Waals surface area (Å²) in [4.78, 5) is 38.2. The van der Waals surface area contributed by atoms with Gasteiger partial charge in [0.15, 0.2) is 5.41 Å². The molecule has 0 spiro atoms. The Hall–Kier alpha value is -2.37. The average molecular weight is 390 g/mol. The first-order valence-electron chi connectivity index (χ1n) is 9.44. The zero-order valence-corrected chi connectivity index (χ0v) is 17.5. The fraction of sp³-hybridized carbons (Fsp3) is 0.591. The van der Waals surface area contributed by atoms with Crippen molar-refractivity contribution in [1.82, 2.24) is 0 Å². The van der Waals surface area contributed by atoms with Crippen LogP contribution >= 0.6 is 0 Å². The smallest absolute Gasteiger partial charge is 0.327 e. The molecule has 0 saturated heterocycles. The molecule has 0 aromatic carbocycles. The van der Waals surface area contributed by atoms with E-state index in [1.54, 1.807) is 26.8 Å². The highest BCUT2D eigenvalue weighted by Gasteiger charge is 2.61. The molecule has 0 aromatic rings. The van der Waals surface area contributed by atoms with Gasteiger partial charge in [0.1, 0.15) is 6.10 Å². The molecule has 0 bridgehead atoms. The maximum Gasteiger partial charge on any atom is 0.327 e. The molecule has 0 aromatic heterocycles. The van der Waals surface area contributed by atoms with Crippen LogP contribution in [0.15, 0.2) is 36.0 Å². The summed E-state index contributed by atoms with van der Waals surface area (Å²) in [6.45, 7) is 11.2. The summed E-state index contributed by atoms with van der Waals surface area (Å²) in [7, 11) is 2.50. The van der Waals surface area contributed by atoms with E-state index in [1.165, 1.54) is 14.2 Å². The van der Waals surface area contributed by atoms with Crippen LogP contribution in [-0.4, -0.2) is 38.2 Å². The Morgan fingerprint density at radius 1 is 1.14 bits per heavy atom. The first kappa shape index (κ1) is 21.9. The Morgan fingerprint density at radius 2 is 1.71 bits per heavy atom. The van der Waals surface area contributed by atoms with Crippen molar-refractivity contribution < 1.29 is 28.6 Å². The normalized spacial score (nSPS) is 25.8. The van der Waals surface area contributed by atoms with E-state index < -0.39 is 34.8 Å². The lowest BCUT2D eigenvalue weighted by Gasteiger charge is -2.35. The van der Waals surface area contributed by atoms with Crippen LogP contribution in [0.2, 0.25) is 0 Å². The lowest BCUT2D eigenvalue weighted by Crippen LogP contribution is -2.47. The molecule has 6 nitrogen and oxygen atoms in total. The van der Waals surface area contributed by atoms with Crippen LogP contribution in [0.25, 0.3) is 0 Å². The number of hydrogen-bond donors (Lipinski definition) is 0. The standard InChI is InChI=1S/C22H30O6/c1-13(2)14-12-22(19(24)26-6,20(25)27-7)15-10-8-9-11-16(17(14)15)28-18(23)21(3,4)5/h9,11-12,15-17H,1,8,10H2,2-7H3/t15-,16-,17+/m1/s1. The fourth-order valence-electron chi connectivity index (χ4n) is 4.05. The van der Waals surface area contributed by atoms with Gasteiger partial charge in [-0.15, -0.1) is 0 Å². The average Bonchev–Trinajstić information content (AvgIpc) is 2.85. The van der Waals surface area contributed by atoms with Gasteiger partial charge in [0.2, 0.25) is 0 Å². The van der Waals surface area contributed by atoms with E-state index in [9.17, 15) is 14.4 Å². The third kappa shape index (κ3) is 3.64. The van der Waals surface area contributed by atoms with Crippen molar-refractivity contribution in [3.05, 3.63) is 36.0 Å². The molecule has 28 heavy (non-hydrogen) atoms. The third-order valence-electron chi connectivity index (χ3n) is 5.48. The summed E-state index contributed by atoms with van der Waals surface area (Å²) < 4.78 is 15.9. The summed E-state index contributed by atoms with van der Waals surface area (Å²) >= 11 is 0. The largest absolute Gasteiger partial charge is 0.468 e. The van der Waals surface area contributed by atoms with E-state index in [0.717, 1.165) is 5.57 Å². The summed E-state index contributed by atoms with van der Waals surface area (Å²) in [5.74, 6) is -2.55.